The number of anilines is 1. The molecule has 1 saturated carbocycles. The molecule has 1 aliphatic rings. The smallest absolute Gasteiger partial charge is 0.275 e. The molecule has 2 aromatic heterocycles. The number of pyridine rings is 1. The topological polar surface area (TPSA) is 101 Å². The Balaban J connectivity index is 1.57. The summed E-state index contributed by atoms with van der Waals surface area (Å²) in [6.07, 6.45) is 7.12. The quantitative estimate of drug-likeness (QED) is 0.569. The highest BCUT2D eigenvalue weighted by molar-refractivity contribution is 7.13. The minimum atomic E-state index is -0.947. The van der Waals surface area contributed by atoms with E-state index in [1.54, 1.807) is 12.4 Å². The molecule has 0 radical (unpaired) electrons. The molecule has 9 heteroatoms. The summed E-state index contributed by atoms with van der Waals surface area (Å²) in [7, 11) is 0. The monoisotopic (exact) mass is 430 g/mol. The van der Waals surface area contributed by atoms with Gasteiger partial charge in [0.05, 0.1) is 17.4 Å². The van der Waals surface area contributed by atoms with Gasteiger partial charge in [-0.1, -0.05) is 6.42 Å². The number of nitrogens with two attached hydrogens (primary N) is 1. The molecule has 156 valence electrons. The van der Waals surface area contributed by atoms with Crippen LogP contribution < -0.4 is 11.1 Å². The van der Waals surface area contributed by atoms with Gasteiger partial charge >= 0.3 is 0 Å². The van der Waals surface area contributed by atoms with E-state index in [-0.39, 0.29) is 28.2 Å². The fourth-order valence-corrected chi connectivity index (χ4v) is 4.67. The van der Waals surface area contributed by atoms with Gasteiger partial charge in [-0.3, -0.25) is 9.78 Å². The second kappa shape index (κ2) is 8.45. The Morgan fingerprint density at radius 1 is 1.27 bits per heavy atom. The second-order valence-electron chi connectivity index (χ2n) is 7.36. The van der Waals surface area contributed by atoms with Gasteiger partial charge in [0.25, 0.3) is 5.91 Å². The number of hydrogen-bond donors (Lipinski definition) is 3. The van der Waals surface area contributed by atoms with Crippen LogP contribution in [-0.4, -0.2) is 27.0 Å². The maximum Gasteiger partial charge on any atom is 0.275 e. The van der Waals surface area contributed by atoms with E-state index in [1.807, 2.05) is 6.07 Å². The van der Waals surface area contributed by atoms with Crippen molar-refractivity contribution in [1.29, 1.82) is 0 Å². The third-order valence-corrected chi connectivity index (χ3v) is 6.09. The highest BCUT2D eigenvalue weighted by atomic mass is 32.1. The van der Waals surface area contributed by atoms with Crippen LogP contribution in [-0.2, 0) is 0 Å². The number of rotatable bonds is 4. The Kier molecular flexibility index (Phi) is 5.74. The van der Waals surface area contributed by atoms with Crippen LogP contribution in [0.15, 0.2) is 36.0 Å². The Labute approximate surface area is 175 Å². The van der Waals surface area contributed by atoms with Crippen LogP contribution in [0.3, 0.4) is 0 Å². The molecule has 0 spiro atoms. The van der Waals surface area contributed by atoms with Gasteiger partial charge in [-0.25, -0.2) is 13.8 Å². The summed E-state index contributed by atoms with van der Waals surface area (Å²) < 4.78 is 28.2. The van der Waals surface area contributed by atoms with Crippen LogP contribution in [0.4, 0.5) is 14.5 Å². The predicted molar refractivity (Wildman–Crippen MR) is 111 cm³/mol. The lowest BCUT2D eigenvalue weighted by Gasteiger charge is -2.28. The number of benzene rings is 1. The Bertz CT molecular complexity index is 1070. The molecule has 2 atom stereocenters. The molecular formula is C21H20F2N4O2S. The Morgan fingerprint density at radius 2 is 2.03 bits per heavy atom. The lowest BCUT2D eigenvalue weighted by Crippen LogP contribution is -2.27. The van der Waals surface area contributed by atoms with Crippen LogP contribution in [0.25, 0.3) is 10.6 Å². The summed E-state index contributed by atoms with van der Waals surface area (Å²) >= 11 is 0.943. The number of carbonyl (C=O) groups excluding carboxylic acids is 1. The molecule has 0 saturated heterocycles. The highest BCUT2D eigenvalue weighted by Crippen LogP contribution is 2.36. The summed E-state index contributed by atoms with van der Waals surface area (Å²) in [5, 5.41) is 13.6. The van der Waals surface area contributed by atoms with E-state index in [0.29, 0.717) is 5.69 Å². The molecular weight excluding hydrogens is 410 g/mol. The third kappa shape index (κ3) is 4.17. The van der Waals surface area contributed by atoms with Gasteiger partial charge in [-0.05, 0) is 36.8 Å². The number of phenols is 1. The highest BCUT2D eigenvalue weighted by Gasteiger charge is 2.24. The van der Waals surface area contributed by atoms with Gasteiger partial charge in [0.2, 0.25) is 0 Å². The standard InChI is InChI=1S/C21H20F2N4O2S/c22-15-7-13(28)8-16(23)19(15)21-27-18(10-30-21)20(29)26-17-9-25-5-4-14(17)11-2-1-3-12(24)6-11/h4-5,7-12,28H,1-3,6,24H2,(H,26,29). The van der Waals surface area contributed by atoms with Crippen molar-refractivity contribution in [3.05, 3.63) is 58.9 Å². The number of carbonyl (C=O) groups is 1. The van der Waals surface area contributed by atoms with Gasteiger partial charge in [0, 0.05) is 29.8 Å². The van der Waals surface area contributed by atoms with Crippen molar-refractivity contribution >= 4 is 22.9 Å². The van der Waals surface area contributed by atoms with Gasteiger partial charge < -0.3 is 16.2 Å². The van der Waals surface area contributed by atoms with Gasteiger partial charge in [-0.15, -0.1) is 11.3 Å². The zero-order valence-corrected chi connectivity index (χ0v) is 16.8. The first-order chi connectivity index (χ1) is 14.4. The zero-order valence-electron chi connectivity index (χ0n) is 15.9. The minimum absolute atomic E-state index is 0.0137. The molecule has 1 amide bonds. The number of halogens is 2. The third-order valence-electron chi connectivity index (χ3n) is 5.24. The van der Waals surface area contributed by atoms with E-state index in [1.165, 1.54) is 5.38 Å². The molecule has 2 unspecified atom stereocenters. The van der Waals surface area contributed by atoms with Crippen molar-refractivity contribution in [2.24, 2.45) is 5.73 Å². The molecule has 1 aliphatic carbocycles. The molecule has 30 heavy (non-hydrogen) atoms. The zero-order chi connectivity index (χ0) is 21.3. The fraction of sp³-hybridized carbons (Fsp3) is 0.286. The number of phenolic OH excluding ortho intramolecular Hbond substituents is 1. The molecule has 2 heterocycles. The SMILES string of the molecule is NC1CCCC(c2ccncc2NC(=O)c2csc(-c3c(F)cc(O)cc3F)n2)C1. The maximum absolute atomic E-state index is 14.1. The van der Waals surface area contributed by atoms with Gasteiger partial charge in [0.1, 0.15) is 28.1 Å². The molecule has 6 nitrogen and oxygen atoms in total. The van der Waals surface area contributed by atoms with Crippen molar-refractivity contribution < 1.29 is 18.7 Å². The van der Waals surface area contributed by atoms with Crippen LogP contribution in [0.5, 0.6) is 5.75 Å². The summed E-state index contributed by atoms with van der Waals surface area (Å²) in [5.41, 5.74) is 7.32. The minimum Gasteiger partial charge on any atom is -0.508 e. The predicted octanol–water partition coefficient (Wildman–Crippen LogP) is 4.43. The Hall–Kier alpha value is -2.91. The fourth-order valence-electron chi connectivity index (χ4n) is 3.82. The maximum atomic E-state index is 14.1. The van der Waals surface area contributed by atoms with Gasteiger partial charge in [-0.2, -0.15) is 0 Å². The van der Waals surface area contributed by atoms with Crippen molar-refractivity contribution in [3.8, 4) is 16.3 Å². The van der Waals surface area contributed by atoms with Crippen LogP contribution in [0, 0.1) is 11.6 Å². The first kappa shape index (κ1) is 20.4. The van der Waals surface area contributed by atoms with Crippen LogP contribution in [0.2, 0.25) is 0 Å². The van der Waals surface area contributed by atoms with E-state index < -0.39 is 23.3 Å². The van der Waals surface area contributed by atoms with Crippen LogP contribution >= 0.6 is 11.3 Å². The first-order valence-electron chi connectivity index (χ1n) is 9.57. The van der Waals surface area contributed by atoms with Crippen molar-refractivity contribution in [2.45, 2.75) is 37.6 Å². The normalized spacial score (nSPS) is 18.9. The van der Waals surface area contributed by atoms with Crippen molar-refractivity contribution in [3.63, 3.8) is 0 Å². The first-order valence-corrected chi connectivity index (χ1v) is 10.4. The molecule has 4 rings (SSSR count). The van der Waals surface area contributed by atoms with Crippen molar-refractivity contribution in [2.75, 3.05) is 5.32 Å². The molecule has 1 aromatic carbocycles. The molecule has 0 aliphatic heterocycles. The largest absolute Gasteiger partial charge is 0.508 e. The van der Waals surface area contributed by atoms with E-state index >= 15 is 0 Å². The second-order valence-corrected chi connectivity index (χ2v) is 8.22. The lowest BCUT2D eigenvalue weighted by molar-refractivity contribution is 0.102. The average molecular weight is 430 g/mol. The van der Waals surface area contributed by atoms with E-state index in [0.717, 1.165) is 54.7 Å². The Morgan fingerprint density at radius 3 is 2.77 bits per heavy atom. The number of hydrogen-bond acceptors (Lipinski definition) is 6. The summed E-state index contributed by atoms with van der Waals surface area (Å²) in [6, 6.07) is 3.62. The number of amides is 1. The van der Waals surface area contributed by atoms with Crippen LogP contribution in [0.1, 0.15) is 47.7 Å². The van der Waals surface area contributed by atoms with E-state index in [2.05, 4.69) is 15.3 Å². The molecule has 1 fully saturated rings. The summed E-state index contributed by atoms with van der Waals surface area (Å²) in [4.78, 5) is 20.9. The number of nitrogens with zero attached hydrogens (tertiary/aromatic N) is 2. The number of nitrogens with one attached hydrogen (secondary N) is 1. The molecule has 0 bridgehead atoms. The summed E-state index contributed by atoms with van der Waals surface area (Å²) in [5.74, 6) is -2.67. The van der Waals surface area contributed by atoms with E-state index in [9.17, 15) is 18.7 Å². The van der Waals surface area contributed by atoms with Crippen molar-refractivity contribution in [1.82, 2.24) is 9.97 Å². The number of thiazole rings is 1. The summed E-state index contributed by atoms with van der Waals surface area (Å²) in [6.45, 7) is 0. The van der Waals surface area contributed by atoms with E-state index in [4.69, 9.17) is 5.73 Å². The number of aromatic nitrogens is 2. The lowest BCUT2D eigenvalue weighted by atomic mass is 9.81. The molecule has 3 aromatic rings. The average Bonchev–Trinajstić information content (AvgIpc) is 3.17. The molecule has 4 N–H and O–H groups in total. The van der Waals surface area contributed by atoms with Gasteiger partial charge in [0.15, 0.2) is 0 Å². The number of aromatic hydroxyl groups is 1.